The quantitative estimate of drug-likeness (QED) is 0.543. The highest BCUT2D eigenvalue weighted by molar-refractivity contribution is 4.50. The Morgan fingerprint density at radius 2 is 1.38 bits per heavy atom. The summed E-state index contributed by atoms with van der Waals surface area (Å²) in [6.45, 7) is 5.69. The molecule has 0 aliphatic carbocycles. The maximum Gasteiger partial charge on any atom is 0.0512 e. The van der Waals surface area contributed by atoms with E-state index in [1.54, 1.807) is 0 Å². The fraction of sp³-hybridized carbons (Fsp3) is 0.917. The van der Waals surface area contributed by atoms with Crippen molar-refractivity contribution in [3.8, 4) is 0 Å². The summed E-state index contributed by atoms with van der Waals surface area (Å²) >= 11 is 0. The Labute approximate surface area is 83.5 Å². The lowest BCUT2D eigenvalue weighted by Crippen LogP contribution is -1.98. The Bertz CT molecular complexity index is 89.1. The second kappa shape index (κ2) is 10.0. The van der Waals surface area contributed by atoms with Gasteiger partial charge in [0.25, 0.3) is 0 Å². The summed E-state index contributed by atoms with van der Waals surface area (Å²) < 4.78 is 0. The zero-order chi connectivity index (χ0) is 9.94. The van der Waals surface area contributed by atoms with Gasteiger partial charge in [-0.1, -0.05) is 58.3 Å². The van der Waals surface area contributed by atoms with Gasteiger partial charge in [-0.25, -0.2) is 0 Å². The third-order valence-electron chi connectivity index (χ3n) is 2.37. The van der Waals surface area contributed by atoms with Crippen LogP contribution in [0.15, 0.2) is 0 Å². The van der Waals surface area contributed by atoms with Crippen LogP contribution in [0, 0.1) is 6.92 Å². The fourth-order valence-electron chi connectivity index (χ4n) is 1.50. The normalized spacial score (nSPS) is 13.2. The first-order valence-electron chi connectivity index (χ1n) is 5.74. The van der Waals surface area contributed by atoms with Gasteiger partial charge in [-0.3, -0.25) is 0 Å². The molecule has 0 amide bonds. The molecule has 1 unspecified atom stereocenters. The second-order valence-corrected chi connectivity index (χ2v) is 3.97. The van der Waals surface area contributed by atoms with Crippen LogP contribution < -0.4 is 0 Å². The van der Waals surface area contributed by atoms with Crippen LogP contribution in [0.25, 0.3) is 0 Å². The van der Waals surface area contributed by atoms with Crippen LogP contribution >= 0.6 is 0 Å². The van der Waals surface area contributed by atoms with Gasteiger partial charge >= 0.3 is 0 Å². The third kappa shape index (κ3) is 12.0. The SMILES string of the molecule is [CH2]CCCCCCCCCC(C)O. The Morgan fingerprint density at radius 1 is 0.923 bits per heavy atom. The van der Waals surface area contributed by atoms with Crippen molar-refractivity contribution in [3.05, 3.63) is 6.92 Å². The maximum absolute atomic E-state index is 9.02. The first-order valence-corrected chi connectivity index (χ1v) is 5.74. The lowest BCUT2D eigenvalue weighted by molar-refractivity contribution is 0.180. The average Bonchev–Trinajstić information content (AvgIpc) is 2.09. The summed E-state index contributed by atoms with van der Waals surface area (Å²) in [4.78, 5) is 0. The second-order valence-electron chi connectivity index (χ2n) is 3.97. The largest absolute Gasteiger partial charge is 0.393 e. The maximum atomic E-state index is 9.02. The number of unbranched alkanes of at least 4 members (excludes halogenated alkanes) is 7. The topological polar surface area (TPSA) is 20.2 Å². The molecule has 0 aromatic heterocycles. The van der Waals surface area contributed by atoms with Gasteiger partial charge in [0, 0.05) is 0 Å². The van der Waals surface area contributed by atoms with Crippen molar-refractivity contribution in [1.29, 1.82) is 0 Å². The molecule has 0 fully saturated rings. The minimum atomic E-state index is -0.105. The zero-order valence-corrected chi connectivity index (χ0v) is 9.10. The Hall–Kier alpha value is -0.0400. The Morgan fingerprint density at radius 3 is 1.85 bits per heavy atom. The van der Waals surface area contributed by atoms with E-state index in [0.29, 0.717) is 0 Å². The summed E-state index contributed by atoms with van der Waals surface area (Å²) in [7, 11) is 0. The molecule has 1 radical (unpaired) electrons. The van der Waals surface area contributed by atoms with E-state index < -0.39 is 0 Å². The van der Waals surface area contributed by atoms with Gasteiger partial charge in [0.15, 0.2) is 0 Å². The van der Waals surface area contributed by atoms with Gasteiger partial charge in [-0.2, -0.15) is 0 Å². The van der Waals surface area contributed by atoms with Crippen molar-refractivity contribution in [2.75, 3.05) is 0 Å². The molecular formula is C12H25O. The minimum Gasteiger partial charge on any atom is -0.393 e. The average molecular weight is 185 g/mol. The summed E-state index contributed by atoms with van der Waals surface area (Å²) in [6.07, 6.45) is 11.1. The smallest absolute Gasteiger partial charge is 0.0512 e. The first kappa shape index (κ1) is 13.0. The Balaban J connectivity index is 2.84. The van der Waals surface area contributed by atoms with Crippen molar-refractivity contribution in [3.63, 3.8) is 0 Å². The summed E-state index contributed by atoms with van der Waals surface area (Å²) in [5.74, 6) is 0. The summed E-state index contributed by atoms with van der Waals surface area (Å²) in [6, 6.07) is 0. The summed E-state index contributed by atoms with van der Waals surface area (Å²) in [5, 5.41) is 9.02. The lowest BCUT2D eigenvalue weighted by Gasteiger charge is -2.03. The van der Waals surface area contributed by atoms with E-state index in [4.69, 9.17) is 5.11 Å². The van der Waals surface area contributed by atoms with Gasteiger partial charge in [-0.15, -0.1) is 0 Å². The molecule has 0 heterocycles. The van der Waals surface area contributed by atoms with Gasteiger partial charge in [0.1, 0.15) is 0 Å². The number of hydrogen-bond donors (Lipinski definition) is 1. The van der Waals surface area contributed by atoms with E-state index in [1.807, 2.05) is 6.92 Å². The Kier molecular flexibility index (Phi) is 10.0. The van der Waals surface area contributed by atoms with Crippen molar-refractivity contribution in [2.24, 2.45) is 0 Å². The van der Waals surface area contributed by atoms with Crippen molar-refractivity contribution >= 4 is 0 Å². The van der Waals surface area contributed by atoms with Crippen molar-refractivity contribution in [2.45, 2.75) is 70.8 Å². The molecule has 0 saturated heterocycles. The molecule has 0 bridgehead atoms. The third-order valence-corrected chi connectivity index (χ3v) is 2.37. The van der Waals surface area contributed by atoms with E-state index in [2.05, 4.69) is 6.92 Å². The highest BCUT2D eigenvalue weighted by Crippen LogP contribution is 2.10. The van der Waals surface area contributed by atoms with Gasteiger partial charge < -0.3 is 5.11 Å². The van der Waals surface area contributed by atoms with Gasteiger partial charge in [0.05, 0.1) is 6.10 Å². The zero-order valence-electron chi connectivity index (χ0n) is 9.10. The molecule has 1 heteroatoms. The monoisotopic (exact) mass is 185 g/mol. The molecule has 0 aliphatic rings. The van der Waals surface area contributed by atoms with E-state index in [0.717, 1.165) is 12.8 Å². The number of hydrogen-bond acceptors (Lipinski definition) is 1. The van der Waals surface area contributed by atoms with Crippen molar-refractivity contribution in [1.82, 2.24) is 0 Å². The predicted octanol–water partition coefficient (Wildman–Crippen LogP) is 3.71. The van der Waals surface area contributed by atoms with Crippen LogP contribution in [0.4, 0.5) is 0 Å². The minimum absolute atomic E-state index is 0.105. The first-order chi connectivity index (χ1) is 6.27. The molecule has 1 nitrogen and oxygen atoms in total. The molecule has 0 aromatic carbocycles. The molecule has 79 valence electrons. The molecule has 0 aliphatic heterocycles. The van der Waals surface area contributed by atoms with E-state index in [-0.39, 0.29) is 6.10 Å². The highest BCUT2D eigenvalue weighted by atomic mass is 16.3. The van der Waals surface area contributed by atoms with Gasteiger partial charge in [0.2, 0.25) is 0 Å². The highest BCUT2D eigenvalue weighted by Gasteiger charge is 1.95. The van der Waals surface area contributed by atoms with Crippen molar-refractivity contribution < 1.29 is 5.11 Å². The molecule has 1 atom stereocenters. The molecule has 0 spiro atoms. The number of aliphatic hydroxyl groups is 1. The fourth-order valence-corrected chi connectivity index (χ4v) is 1.50. The van der Waals surface area contributed by atoms with Crippen LogP contribution in [0.1, 0.15) is 64.7 Å². The molecule has 0 aromatic rings. The lowest BCUT2D eigenvalue weighted by atomic mass is 10.1. The van der Waals surface area contributed by atoms with Crippen LogP contribution in [-0.2, 0) is 0 Å². The van der Waals surface area contributed by atoms with E-state index >= 15 is 0 Å². The van der Waals surface area contributed by atoms with Gasteiger partial charge in [-0.05, 0) is 13.3 Å². The predicted molar refractivity (Wildman–Crippen MR) is 58.6 cm³/mol. The van der Waals surface area contributed by atoms with Crippen LogP contribution in [0.5, 0.6) is 0 Å². The van der Waals surface area contributed by atoms with E-state index in [9.17, 15) is 0 Å². The molecular weight excluding hydrogens is 160 g/mol. The molecule has 0 rings (SSSR count). The molecule has 0 saturated carbocycles. The van der Waals surface area contributed by atoms with Crippen LogP contribution in [0.3, 0.4) is 0 Å². The van der Waals surface area contributed by atoms with Crippen LogP contribution in [-0.4, -0.2) is 11.2 Å². The summed E-state index contributed by atoms with van der Waals surface area (Å²) in [5.41, 5.74) is 0. The van der Waals surface area contributed by atoms with E-state index in [1.165, 1.54) is 44.9 Å². The standard InChI is InChI=1S/C12H25O/c1-3-4-5-6-7-8-9-10-11-12(2)13/h12-13H,1,3-11H2,2H3. The molecule has 1 N–H and O–H groups in total. The number of aliphatic hydroxyl groups excluding tert-OH is 1. The number of rotatable bonds is 9. The van der Waals surface area contributed by atoms with Crippen LogP contribution in [0.2, 0.25) is 0 Å². The molecule has 13 heavy (non-hydrogen) atoms.